The summed E-state index contributed by atoms with van der Waals surface area (Å²) in [6.07, 6.45) is 5.35. The van der Waals surface area contributed by atoms with Crippen molar-refractivity contribution >= 4 is 0 Å². The summed E-state index contributed by atoms with van der Waals surface area (Å²) < 4.78 is 0. The summed E-state index contributed by atoms with van der Waals surface area (Å²) in [6, 6.07) is 0. The Balaban J connectivity index is 2.14. The first-order valence-electron chi connectivity index (χ1n) is 7.50. The fourth-order valence-corrected chi connectivity index (χ4v) is 2.62. The summed E-state index contributed by atoms with van der Waals surface area (Å²) in [4.78, 5) is 4.96. The molecule has 3 nitrogen and oxygen atoms in total. The van der Waals surface area contributed by atoms with Gasteiger partial charge in [-0.15, -0.1) is 0 Å². The molecule has 1 heterocycles. The van der Waals surface area contributed by atoms with E-state index in [9.17, 15) is 0 Å². The highest BCUT2D eigenvalue weighted by Gasteiger charge is 2.19. The highest BCUT2D eigenvalue weighted by molar-refractivity contribution is 4.73. The maximum absolute atomic E-state index is 5.77. The first kappa shape index (κ1) is 15.9. The van der Waals surface area contributed by atoms with Gasteiger partial charge in [0.2, 0.25) is 0 Å². The molecule has 1 aliphatic heterocycles. The second-order valence-electron chi connectivity index (χ2n) is 6.98. The number of hydrogen-bond donors (Lipinski definition) is 1. The predicted molar refractivity (Wildman–Crippen MR) is 79.8 cm³/mol. The summed E-state index contributed by atoms with van der Waals surface area (Å²) in [6.45, 7) is 10.3. The van der Waals surface area contributed by atoms with E-state index in [1.807, 2.05) is 0 Å². The second-order valence-corrected chi connectivity index (χ2v) is 6.98. The van der Waals surface area contributed by atoms with Crippen LogP contribution >= 0.6 is 0 Å². The molecule has 0 amide bonds. The average molecular weight is 255 g/mol. The van der Waals surface area contributed by atoms with Crippen molar-refractivity contribution in [1.29, 1.82) is 0 Å². The monoisotopic (exact) mass is 255 g/mol. The van der Waals surface area contributed by atoms with Gasteiger partial charge >= 0.3 is 0 Å². The maximum Gasteiger partial charge on any atom is 0.000709 e. The molecule has 2 N–H and O–H groups in total. The Hall–Kier alpha value is -0.120. The number of likely N-dealkylation sites (tertiary alicyclic amines) is 1. The standard InChI is InChI=1S/C15H33N3/c1-15(2,13-16)8-11-17(3)10-7-14-6-5-9-18(4)12-14/h14H,5-13,16H2,1-4H3. The Morgan fingerprint density at radius 3 is 2.67 bits per heavy atom. The molecule has 1 aliphatic rings. The summed E-state index contributed by atoms with van der Waals surface area (Å²) in [7, 11) is 4.50. The van der Waals surface area contributed by atoms with E-state index in [0.717, 1.165) is 12.5 Å². The Labute approximate surface area is 114 Å². The van der Waals surface area contributed by atoms with Crippen molar-refractivity contribution in [3.05, 3.63) is 0 Å². The molecular weight excluding hydrogens is 222 g/mol. The zero-order valence-corrected chi connectivity index (χ0v) is 12.9. The largest absolute Gasteiger partial charge is 0.330 e. The van der Waals surface area contributed by atoms with Gasteiger partial charge in [-0.2, -0.15) is 0 Å². The second kappa shape index (κ2) is 7.46. The van der Waals surface area contributed by atoms with Crippen molar-refractivity contribution in [2.75, 3.05) is 46.8 Å². The zero-order valence-electron chi connectivity index (χ0n) is 12.9. The van der Waals surface area contributed by atoms with Crippen LogP contribution in [0, 0.1) is 11.3 Å². The minimum Gasteiger partial charge on any atom is -0.330 e. The lowest BCUT2D eigenvalue weighted by Gasteiger charge is -2.31. The summed E-state index contributed by atoms with van der Waals surface area (Å²) in [5.41, 5.74) is 6.07. The average Bonchev–Trinajstić information content (AvgIpc) is 2.34. The molecule has 0 saturated carbocycles. The van der Waals surface area contributed by atoms with Crippen molar-refractivity contribution in [3.8, 4) is 0 Å². The van der Waals surface area contributed by atoms with E-state index in [2.05, 4.69) is 37.7 Å². The van der Waals surface area contributed by atoms with Crippen LogP contribution in [0.5, 0.6) is 0 Å². The van der Waals surface area contributed by atoms with Gasteiger partial charge in [0.1, 0.15) is 0 Å². The zero-order chi connectivity index (χ0) is 13.6. The minimum atomic E-state index is 0.291. The van der Waals surface area contributed by atoms with Crippen LogP contribution in [0.1, 0.15) is 39.5 Å². The Morgan fingerprint density at radius 1 is 1.33 bits per heavy atom. The van der Waals surface area contributed by atoms with Gasteiger partial charge in [0, 0.05) is 6.54 Å². The van der Waals surface area contributed by atoms with Crippen LogP contribution in [-0.4, -0.2) is 56.6 Å². The van der Waals surface area contributed by atoms with Crippen LogP contribution in [-0.2, 0) is 0 Å². The highest BCUT2D eigenvalue weighted by atomic mass is 15.1. The maximum atomic E-state index is 5.77. The van der Waals surface area contributed by atoms with Gasteiger partial charge in [0.15, 0.2) is 0 Å². The van der Waals surface area contributed by atoms with Crippen LogP contribution in [0.2, 0.25) is 0 Å². The molecular formula is C15H33N3. The first-order chi connectivity index (χ1) is 8.43. The van der Waals surface area contributed by atoms with Gasteiger partial charge in [-0.1, -0.05) is 13.8 Å². The van der Waals surface area contributed by atoms with Gasteiger partial charge in [0.05, 0.1) is 0 Å². The van der Waals surface area contributed by atoms with Crippen LogP contribution < -0.4 is 5.73 Å². The van der Waals surface area contributed by atoms with E-state index >= 15 is 0 Å². The smallest absolute Gasteiger partial charge is 0.000709 e. The Kier molecular flexibility index (Phi) is 6.61. The number of hydrogen-bond acceptors (Lipinski definition) is 3. The predicted octanol–water partition coefficient (Wildman–Crippen LogP) is 2.03. The lowest BCUT2D eigenvalue weighted by atomic mass is 9.89. The van der Waals surface area contributed by atoms with Gasteiger partial charge in [0.25, 0.3) is 0 Å². The molecule has 0 radical (unpaired) electrons. The molecule has 0 spiro atoms. The van der Waals surface area contributed by atoms with Crippen molar-refractivity contribution in [2.24, 2.45) is 17.1 Å². The number of rotatable bonds is 7. The van der Waals surface area contributed by atoms with Crippen molar-refractivity contribution in [1.82, 2.24) is 9.80 Å². The molecule has 0 bridgehead atoms. The van der Waals surface area contributed by atoms with E-state index < -0.39 is 0 Å². The molecule has 3 heteroatoms. The van der Waals surface area contributed by atoms with Crippen molar-refractivity contribution < 1.29 is 0 Å². The fraction of sp³-hybridized carbons (Fsp3) is 1.00. The van der Waals surface area contributed by atoms with E-state index in [1.165, 1.54) is 51.9 Å². The quantitative estimate of drug-likeness (QED) is 0.755. The van der Waals surface area contributed by atoms with E-state index in [1.54, 1.807) is 0 Å². The van der Waals surface area contributed by atoms with Crippen LogP contribution in [0.3, 0.4) is 0 Å². The summed E-state index contributed by atoms with van der Waals surface area (Å²) in [5, 5.41) is 0. The molecule has 1 unspecified atom stereocenters. The molecule has 1 saturated heterocycles. The number of nitrogens with zero attached hydrogens (tertiary/aromatic N) is 2. The minimum absolute atomic E-state index is 0.291. The summed E-state index contributed by atoms with van der Waals surface area (Å²) in [5.74, 6) is 0.911. The third-order valence-electron chi connectivity index (χ3n) is 4.36. The molecule has 0 aromatic rings. The third-order valence-corrected chi connectivity index (χ3v) is 4.36. The molecule has 0 aromatic carbocycles. The Bertz CT molecular complexity index is 228. The van der Waals surface area contributed by atoms with Crippen molar-refractivity contribution in [2.45, 2.75) is 39.5 Å². The summed E-state index contributed by atoms with van der Waals surface area (Å²) >= 11 is 0. The molecule has 108 valence electrons. The van der Waals surface area contributed by atoms with Crippen LogP contribution in [0.15, 0.2) is 0 Å². The molecule has 0 aliphatic carbocycles. The lowest BCUT2D eigenvalue weighted by Crippen LogP contribution is -2.35. The van der Waals surface area contributed by atoms with Gasteiger partial charge in [-0.3, -0.25) is 0 Å². The number of nitrogens with two attached hydrogens (primary N) is 1. The Morgan fingerprint density at radius 2 is 2.06 bits per heavy atom. The normalized spacial score (nSPS) is 22.7. The van der Waals surface area contributed by atoms with E-state index in [4.69, 9.17) is 5.73 Å². The van der Waals surface area contributed by atoms with Crippen LogP contribution in [0.4, 0.5) is 0 Å². The van der Waals surface area contributed by atoms with Crippen LogP contribution in [0.25, 0.3) is 0 Å². The lowest BCUT2D eigenvalue weighted by molar-refractivity contribution is 0.179. The molecule has 1 fully saturated rings. The highest BCUT2D eigenvalue weighted by Crippen LogP contribution is 2.20. The van der Waals surface area contributed by atoms with Gasteiger partial charge in [-0.05, 0) is 77.3 Å². The molecule has 18 heavy (non-hydrogen) atoms. The molecule has 0 aromatic heterocycles. The van der Waals surface area contributed by atoms with Gasteiger partial charge < -0.3 is 15.5 Å². The fourth-order valence-electron chi connectivity index (χ4n) is 2.62. The molecule has 1 rings (SSSR count). The van der Waals surface area contributed by atoms with E-state index in [0.29, 0.717) is 5.41 Å². The number of piperidine rings is 1. The SMILES string of the molecule is CN(CCC1CCCN(C)C1)CCC(C)(C)CN. The first-order valence-corrected chi connectivity index (χ1v) is 7.50. The van der Waals surface area contributed by atoms with Crippen molar-refractivity contribution in [3.63, 3.8) is 0 Å². The van der Waals surface area contributed by atoms with E-state index in [-0.39, 0.29) is 0 Å². The molecule has 1 atom stereocenters. The van der Waals surface area contributed by atoms with Gasteiger partial charge in [-0.25, -0.2) is 0 Å². The third kappa shape index (κ3) is 6.17. The topological polar surface area (TPSA) is 32.5 Å².